The molecule has 0 saturated carbocycles. The molecule has 1 aromatic carbocycles. The van der Waals surface area contributed by atoms with Crippen molar-refractivity contribution >= 4 is 8.80 Å². The fraction of sp³-hybridized carbons (Fsp3) is 0.600. The molecule has 0 saturated heterocycles. The second kappa shape index (κ2) is 9.26. The van der Waals surface area contributed by atoms with E-state index in [-0.39, 0.29) is 6.10 Å². The monoisotopic (exact) mass is 297 g/mol. The quantitative estimate of drug-likeness (QED) is 0.675. The summed E-state index contributed by atoms with van der Waals surface area (Å²) in [6.07, 6.45) is 2.67. The molecule has 0 aliphatic rings. The molecular formula is C15H27NO3Si. The van der Waals surface area contributed by atoms with Gasteiger partial charge in [-0.1, -0.05) is 43.7 Å². The van der Waals surface area contributed by atoms with Crippen LogP contribution in [0, 0.1) is 0 Å². The number of benzene rings is 1. The lowest BCUT2D eigenvalue weighted by molar-refractivity contribution is 0.0521. The lowest BCUT2D eigenvalue weighted by Gasteiger charge is -2.31. The Hall–Kier alpha value is -0.723. The molecule has 20 heavy (non-hydrogen) atoms. The molecule has 0 aliphatic heterocycles. The Bertz CT molecular complexity index is 357. The summed E-state index contributed by atoms with van der Waals surface area (Å²) in [7, 11) is 0.795. The van der Waals surface area contributed by atoms with Gasteiger partial charge in [-0.2, -0.15) is 0 Å². The van der Waals surface area contributed by atoms with E-state index < -0.39 is 8.80 Å². The van der Waals surface area contributed by atoms with Gasteiger partial charge in [0.05, 0.1) is 6.10 Å². The molecule has 114 valence electrons. The largest absolute Gasteiger partial charge is 0.500 e. The minimum atomic E-state index is -2.55. The second-order valence-corrected chi connectivity index (χ2v) is 7.77. The van der Waals surface area contributed by atoms with Gasteiger partial charge in [-0.25, -0.2) is 0 Å². The van der Waals surface area contributed by atoms with E-state index in [1.165, 1.54) is 5.56 Å². The van der Waals surface area contributed by atoms with Crippen LogP contribution in [0.5, 0.6) is 0 Å². The van der Waals surface area contributed by atoms with Gasteiger partial charge in [0.1, 0.15) is 0 Å². The third-order valence-corrected chi connectivity index (χ3v) is 6.37. The van der Waals surface area contributed by atoms with E-state index in [2.05, 4.69) is 19.1 Å². The number of hydrogen-bond donors (Lipinski definition) is 1. The summed E-state index contributed by atoms with van der Waals surface area (Å²) in [6, 6.07) is 11.1. The minimum absolute atomic E-state index is 0.0421. The van der Waals surface area contributed by atoms with Crippen molar-refractivity contribution in [2.75, 3.05) is 20.8 Å². The molecule has 4 nitrogen and oxygen atoms in total. The zero-order valence-corrected chi connectivity index (χ0v) is 13.8. The second-order valence-electron chi connectivity index (χ2n) is 4.85. The third kappa shape index (κ3) is 5.34. The molecule has 0 aliphatic carbocycles. The highest BCUT2D eigenvalue weighted by Crippen LogP contribution is 2.21. The number of nitrogens with two attached hydrogens (primary N) is 1. The molecule has 1 unspecified atom stereocenters. The molecule has 5 heteroatoms. The topological polar surface area (TPSA) is 53.7 Å². The Morgan fingerprint density at radius 1 is 1.15 bits per heavy atom. The summed E-state index contributed by atoms with van der Waals surface area (Å²) in [4.78, 5) is 0. The summed E-state index contributed by atoms with van der Waals surface area (Å²) >= 11 is 0. The van der Waals surface area contributed by atoms with E-state index in [0.29, 0.717) is 6.54 Å². The molecular weight excluding hydrogens is 270 g/mol. The fourth-order valence-electron chi connectivity index (χ4n) is 2.27. The van der Waals surface area contributed by atoms with Crippen LogP contribution in [0.4, 0.5) is 0 Å². The maximum absolute atomic E-state index is 6.24. The van der Waals surface area contributed by atoms with E-state index in [9.17, 15) is 0 Å². The van der Waals surface area contributed by atoms with E-state index in [1.54, 1.807) is 14.2 Å². The smallest absolute Gasteiger partial charge is 0.377 e. The van der Waals surface area contributed by atoms with Crippen LogP contribution in [0.3, 0.4) is 0 Å². The summed E-state index contributed by atoms with van der Waals surface area (Å²) < 4.78 is 17.4. The molecule has 0 bridgehead atoms. The van der Waals surface area contributed by atoms with Gasteiger partial charge in [-0.05, 0) is 24.9 Å². The van der Waals surface area contributed by atoms with Crippen molar-refractivity contribution in [3.05, 3.63) is 35.9 Å². The lowest BCUT2D eigenvalue weighted by atomic mass is 10.1. The molecule has 0 radical (unpaired) electrons. The fourth-order valence-corrected chi connectivity index (χ4v) is 4.47. The first-order valence-electron chi connectivity index (χ1n) is 7.21. The van der Waals surface area contributed by atoms with Crippen LogP contribution in [0.1, 0.15) is 25.3 Å². The van der Waals surface area contributed by atoms with Crippen molar-refractivity contribution in [1.29, 1.82) is 0 Å². The van der Waals surface area contributed by atoms with Gasteiger partial charge in [0.15, 0.2) is 0 Å². The van der Waals surface area contributed by atoms with Crippen molar-refractivity contribution in [1.82, 2.24) is 0 Å². The van der Waals surface area contributed by atoms with Crippen LogP contribution in [0.15, 0.2) is 30.3 Å². The van der Waals surface area contributed by atoms with Crippen LogP contribution in [-0.4, -0.2) is 35.7 Å². The van der Waals surface area contributed by atoms with E-state index >= 15 is 0 Å². The first-order chi connectivity index (χ1) is 9.69. The highest BCUT2D eigenvalue weighted by Gasteiger charge is 2.40. The zero-order chi connectivity index (χ0) is 14.8. The zero-order valence-electron chi connectivity index (χ0n) is 12.8. The van der Waals surface area contributed by atoms with Crippen molar-refractivity contribution in [3.8, 4) is 0 Å². The molecule has 0 spiro atoms. The normalized spacial score (nSPS) is 13.4. The van der Waals surface area contributed by atoms with Crippen molar-refractivity contribution in [2.45, 2.75) is 38.3 Å². The number of rotatable bonds is 10. The highest BCUT2D eigenvalue weighted by atomic mass is 28.4. The number of hydrogen-bond acceptors (Lipinski definition) is 4. The maximum Gasteiger partial charge on any atom is 0.500 e. The Balaban J connectivity index is 2.74. The third-order valence-electron chi connectivity index (χ3n) is 3.32. The van der Waals surface area contributed by atoms with Crippen LogP contribution in [-0.2, 0) is 19.7 Å². The molecule has 0 amide bonds. The van der Waals surface area contributed by atoms with Gasteiger partial charge in [0, 0.05) is 20.3 Å². The summed E-state index contributed by atoms with van der Waals surface area (Å²) in [5.41, 5.74) is 6.96. The van der Waals surface area contributed by atoms with Gasteiger partial charge in [-0.15, -0.1) is 0 Å². The standard InChI is InChI=1S/C15H27NO3Si/c1-4-12-20(17-2,18-3)19-15(10-11-16)13-14-8-6-5-7-9-14/h5-9,15H,4,10-13,16H2,1-3H3. The van der Waals surface area contributed by atoms with E-state index in [1.807, 2.05) is 18.2 Å². The van der Waals surface area contributed by atoms with Crippen LogP contribution in [0.25, 0.3) is 0 Å². The summed E-state index contributed by atoms with van der Waals surface area (Å²) in [6.45, 7) is 2.71. The average molecular weight is 297 g/mol. The molecule has 0 aromatic heterocycles. The Kier molecular flexibility index (Phi) is 8.02. The van der Waals surface area contributed by atoms with E-state index in [4.69, 9.17) is 19.0 Å². The lowest BCUT2D eigenvalue weighted by Crippen LogP contribution is -2.47. The van der Waals surface area contributed by atoms with Gasteiger partial charge >= 0.3 is 8.80 Å². The van der Waals surface area contributed by atoms with Gasteiger partial charge < -0.3 is 19.0 Å². The maximum atomic E-state index is 6.24. The van der Waals surface area contributed by atoms with Crippen LogP contribution >= 0.6 is 0 Å². The molecule has 1 rings (SSSR count). The average Bonchev–Trinajstić information content (AvgIpc) is 2.48. The first-order valence-corrected chi connectivity index (χ1v) is 9.15. The first kappa shape index (κ1) is 17.3. The van der Waals surface area contributed by atoms with Crippen LogP contribution in [0.2, 0.25) is 6.04 Å². The van der Waals surface area contributed by atoms with Crippen molar-refractivity contribution in [3.63, 3.8) is 0 Å². The van der Waals surface area contributed by atoms with Crippen LogP contribution < -0.4 is 5.73 Å². The summed E-state index contributed by atoms with van der Waals surface area (Å²) in [5, 5.41) is 0. The Labute approximate surface area is 123 Å². The van der Waals surface area contributed by atoms with Gasteiger partial charge in [0.25, 0.3) is 0 Å². The molecule has 1 atom stereocenters. The van der Waals surface area contributed by atoms with E-state index in [0.717, 1.165) is 25.3 Å². The predicted octanol–water partition coefficient (Wildman–Crippen LogP) is 2.60. The highest BCUT2D eigenvalue weighted by molar-refractivity contribution is 6.60. The molecule has 2 N–H and O–H groups in total. The molecule has 0 heterocycles. The Morgan fingerprint density at radius 3 is 2.30 bits per heavy atom. The molecule has 0 fully saturated rings. The molecule has 1 aromatic rings. The van der Waals surface area contributed by atoms with Crippen molar-refractivity contribution < 1.29 is 13.3 Å². The minimum Gasteiger partial charge on any atom is -0.377 e. The Morgan fingerprint density at radius 2 is 1.80 bits per heavy atom. The summed E-state index contributed by atoms with van der Waals surface area (Å²) in [5.74, 6) is 0. The predicted molar refractivity (Wildman–Crippen MR) is 83.6 cm³/mol. The van der Waals surface area contributed by atoms with Gasteiger partial charge in [0.2, 0.25) is 0 Å². The van der Waals surface area contributed by atoms with Crippen molar-refractivity contribution in [2.24, 2.45) is 5.73 Å². The van der Waals surface area contributed by atoms with Gasteiger partial charge in [-0.3, -0.25) is 0 Å². The SMILES string of the molecule is CCC[Si](OC)(OC)OC(CCN)Cc1ccccc1.